The summed E-state index contributed by atoms with van der Waals surface area (Å²) in [6.07, 6.45) is 0.852. The van der Waals surface area contributed by atoms with Gasteiger partial charge in [0, 0.05) is 6.08 Å². The Morgan fingerprint density at radius 1 is 1.78 bits per heavy atom. The van der Waals surface area contributed by atoms with Crippen LogP contribution in [0.5, 0.6) is 0 Å². The summed E-state index contributed by atoms with van der Waals surface area (Å²) >= 11 is 10.4. The highest BCUT2D eigenvalue weighted by molar-refractivity contribution is 6.55. The third kappa shape index (κ3) is 3.14. The van der Waals surface area contributed by atoms with Gasteiger partial charge in [-0.25, -0.2) is 4.79 Å². The minimum absolute atomic E-state index is 0.117. The number of rotatable bonds is 2. The zero-order chi connectivity index (χ0) is 7.28. The highest BCUT2D eigenvalue weighted by atomic mass is 35.5. The van der Waals surface area contributed by atoms with Gasteiger partial charge >= 0.3 is 0 Å². The molecule has 0 aromatic heterocycles. The Morgan fingerprint density at radius 2 is 2.33 bits per heavy atom. The average molecular weight is 168 g/mol. The second-order valence-electron chi connectivity index (χ2n) is 1.09. The molecule has 0 rings (SSSR count). The van der Waals surface area contributed by atoms with Crippen molar-refractivity contribution in [3.63, 3.8) is 0 Å². The lowest BCUT2D eigenvalue weighted by Crippen LogP contribution is -2.03. The molecule has 0 saturated carbocycles. The van der Waals surface area contributed by atoms with Crippen LogP contribution in [0.2, 0.25) is 0 Å². The van der Waals surface area contributed by atoms with E-state index < -0.39 is 4.84 Å². The van der Waals surface area contributed by atoms with E-state index in [1.54, 1.807) is 0 Å². The number of halogens is 2. The maximum atomic E-state index is 9.59. The Labute approximate surface area is 61.6 Å². The summed E-state index contributed by atoms with van der Waals surface area (Å²) in [6, 6.07) is 0. The largest absolute Gasteiger partial charge is 0.411 e. The molecule has 0 aliphatic rings. The molecular weight excluding hydrogens is 165 g/mol. The zero-order valence-corrected chi connectivity index (χ0v) is 5.73. The summed E-state index contributed by atoms with van der Waals surface area (Å²) in [5.74, 6) is 1.37. The topological polar surface area (TPSA) is 49.7 Å². The SMILES string of the molecule is O=C=CC(=NO)C(Cl)Cl. The third-order valence-corrected chi connectivity index (χ3v) is 0.993. The van der Waals surface area contributed by atoms with Gasteiger partial charge in [-0.1, -0.05) is 28.4 Å². The predicted molar refractivity (Wildman–Crippen MR) is 35.0 cm³/mol. The minimum Gasteiger partial charge on any atom is -0.411 e. The second-order valence-corrected chi connectivity index (χ2v) is 2.18. The van der Waals surface area contributed by atoms with Gasteiger partial charge in [-0.15, -0.1) is 0 Å². The summed E-state index contributed by atoms with van der Waals surface area (Å²) in [4.78, 5) is 8.60. The second kappa shape index (κ2) is 4.39. The van der Waals surface area contributed by atoms with Crippen LogP contribution in [0.3, 0.4) is 0 Å². The van der Waals surface area contributed by atoms with Crippen molar-refractivity contribution in [2.75, 3.05) is 0 Å². The van der Waals surface area contributed by atoms with E-state index in [0.29, 0.717) is 0 Å². The van der Waals surface area contributed by atoms with Gasteiger partial charge in [0.25, 0.3) is 0 Å². The highest BCUT2D eigenvalue weighted by Crippen LogP contribution is 2.03. The fourth-order valence-electron chi connectivity index (χ4n) is 0.196. The van der Waals surface area contributed by atoms with E-state index in [4.69, 9.17) is 28.4 Å². The van der Waals surface area contributed by atoms with Crippen molar-refractivity contribution in [3.8, 4) is 0 Å². The molecule has 0 aromatic rings. The first kappa shape index (κ1) is 8.50. The molecule has 0 heterocycles. The fraction of sp³-hybridized carbons (Fsp3) is 0.250. The molecule has 0 radical (unpaired) electrons. The van der Waals surface area contributed by atoms with Crippen molar-refractivity contribution < 1.29 is 10.0 Å². The van der Waals surface area contributed by atoms with Gasteiger partial charge < -0.3 is 5.21 Å². The molecule has 0 spiro atoms. The summed E-state index contributed by atoms with van der Waals surface area (Å²) in [6.45, 7) is 0. The first-order valence-corrected chi connectivity index (χ1v) is 2.80. The monoisotopic (exact) mass is 167 g/mol. The molecule has 0 fully saturated rings. The highest BCUT2D eigenvalue weighted by Gasteiger charge is 2.05. The van der Waals surface area contributed by atoms with Gasteiger partial charge in [0.15, 0.2) is 4.84 Å². The van der Waals surface area contributed by atoms with Gasteiger partial charge in [-0.05, 0) is 0 Å². The Morgan fingerprint density at radius 3 is 2.44 bits per heavy atom. The molecule has 0 atom stereocenters. The van der Waals surface area contributed by atoms with Crippen LogP contribution >= 0.6 is 23.2 Å². The van der Waals surface area contributed by atoms with Crippen LogP contribution < -0.4 is 0 Å². The number of hydrogen-bond donors (Lipinski definition) is 1. The normalized spacial score (nSPS) is 11.2. The first-order chi connectivity index (χ1) is 4.22. The van der Waals surface area contributed by atoms with E-state index in [9.17, 15) is 4.79 Å². The van der Waals surface area contributed by atoms with Crippen LogP contribution in [0.25, 0.3) is 0 Å². The molecule has 1 N–H and O–H groups in total. The number of alkyl halides is 2. The number of oxime groups is 1. The molecule has 5 heteroatoms. The number of allylic oxidation sites excluding steroid dienone is 1. The smallest absolute Gasteiger partial charge is 0.153 e. The first-order valence-electron chi connectivity index (χ1n) is 1.93. The number of hydrogen-bond acceptors (Lipinski definition) is 3. The van der Waals surface area contributed by atoms with Crippen molar-refractivity contribution in [2.24, 2.45) is 5.16 Å². The van der Waals surface area contributed by atoms with Crippen molar-refractivity contribution in [3.05, 3.63) is 6.08 Å². The molecular formula is C4H3Cl2NO2. The Hall–Kier alpha value is -0.500. The van der Waals surface area contributed by atoms with E-state index in [1.807, 2.05) is 0 Å². The van der Waals surface area contributed by atoms with E-state index in [-0.39, 0.29) is 5.71 Å². The van der Waals surface area contributed by atoms with Gasteiger partial charge in [0.05, 0.1) is 0 Å². The van der Waals surface area contributed by atoms with E-state index >= 15 is 0 Å². The van der Waals surface area contributed by atoms with E-state index in [0.717, 1.165) is 6.08 Å². The lowest BCUT2D eigenvalue weighted by molar-refractivity contribution is 0.319. The standard InChI is InChI=1S/C4H3Cl2NO2/c5-4(6)3(7-9)1-2-8/h1,4,9H. The molecule has 0 aromatic carbocycles. The van der Waals surface area contributed by atoms with Gasteiger partial charge in [-0.3, -0.25) is 0 Å². The third-order valence-electron chi connectivity index (χ3n) is 0.546. The maximum absolute atomic E-state index is 9.59. The van der Waals surface area contributed by atoms with Crippen molar-refractivity contribution >= 4 is 34.9 Å². The predicted octanol–water partition coefficient (Wildman–Crippen LogP) is 1.01. The van der Waals surface area contributed by atoms with Crippen LogP contribution in [-0.2, 0) is 4.79 Å². The Bertz CT molecular complexity index is 160. The molecule has 0 aliphatic carbocycles. The van der Waals surface area contributed by atoms with Crippen LogP contribution in [0.4, 0.5) is 0 Å². The molecule has 3 nitrogen and oxygen atoms in total. The molecule has 0 bridgehead atoms. The molecule has 0 aliphatic heterocycles. The van der Waals surface area contributed by atoms with Crippen molar-refractivity contribution in [1.29, 1.82) is 0 Å². The van der Waals surface area contributed by atoms with Crippen LogP contribution in [0, 0.1) is 0 Å². The summed E-state index contributed by atoms with van der Waals surface area (Å²) in [5, 5.41) is 10.6. The molecule has 50 valence electrons. The number of nitrogens with zero attached hydrogens (tertiary/aromatic N) is 1. The van der Waals surface area contributed by atoms with E-state index in [1.165, 1.54) is 5.94 Å². The molecule has 0 saturated heterocycles. The van der Waals surface area contributed by atoms with E-state index in [2.05, 4.69) is 5.16 Å². The van der Waals surface area contributed by atoms with Gasteiger partial charge in [-0.2, -0.15) is 0 Å². The molecule has 0 amide bonds. The Balaban J connectivity index is 4.18. The van der Waals surface area contributed by atoms with Crippen LogP contribution in [0.1, 0.15) is 0 Å². The quantitative estimate of drug-likeness (QED) is 0.220. The summed E-state index contributed by atoms with van der Waals surface area (Å²) in [7, 11) is 0. The van der Waals surface area contributed by atoms with Crippen LogP contribution in [0.15, 0.2) is 11.2 Å². The zero-order valence-electron chi connectivity index (χ0n) is 4.21. The van der Waals surface area contributed by atoms with Crippen LogP contribution in [-0.4, -0.2) is 21.7 Å². The molecule has 0 unspecified atom stereocenters. The van der Waals surface area contributed by atoms with Crippen molar-refractivity contribution in [1.82, 2.24) is 0 Å². The lowest BCUT2D eigenvalue weighted by Gasteiger charge is -1.92. The number of carbonyl (C=O) groups excluding carboxylic acids is 1. The lowest BCUT2D eigenvalue weighted by atomic mass is 10.4. The average Bonchev–Trinajstić information content (AvgIpc) is 1.82. The maximum Gasteiger partial charge on any atom is 0.153 e. The van der Waals surface area contributed by atoms with Gasteiger partial charge in [0.2, 0.25) is 0 Å². The Kier molecular flexibility index (Phi) is 4.14. The fourth-order valence-corrected chi connectivity index (χ4v) is 0.409. The van der Waals surface area contributed by atoms with Crippen molar-refractivity contribution in [2.45, 2.75) is 4.84 Å². The minimum atomic E-state index is -0.989. The van der Waals surface area contributed by atoms with Gasteiger partial charge in [0.1, 0.15) is 11.7 Å². The summed E-state index contributed by atoms with van der Waals surface area (Å²) < 4.78 is 0. The summed E-state index contributed by atoms with van der Waals surface area (Å²) in [5.41, 5.74) is -0.117. The molecule has 9 heavy (non-hydrogen) atoms.